The molecule has 0 aliphatic heterocycles. The predicted octanol–water partition coefficient (Wildman–Crippen LogP) is 2.38. The third kappa shape index (κ3) is 1.83. The van der Waals surface area contributed by atoms with Crippen LogP contribution in [0.4, 0.5) is 0 Å². The fourth-order valence-corrected chi connectivity index (χ4v) is 2.43. The molecule has 1 aliphatic carbocycles. The molecule has 0 N–H and O–H groups in total. The molecule has 0 radical (unpaired) electrons. The van der Waals surface area contributed by atoms with Gasteiger partial charge in [-0.25, -0.2) is 4.98 Å². The summed E-state index contributed by atoms with van der Waals surface area (Å²) < 4.78 is 2.19. The van der Waals surface area contributed by atoms with Crippen LogP contribution in [0.2, 0.25) is 0 Å². The lowest BCUT2D eigenvalue weighted by Crippen LogP contribution is -2.14. The van der Waals surface area contributed by atoms with Crippen LogP contribution in [0.25, 0.3) is 0 Å². The maximum atomic E-state index is 11.5. The second-order valence-electron chi connectivity index (χ2n) is 4.38. The molecule has 0 amide bonds. The lowest BCUT2D eigenvalue weighted by molar-refractivity contribution is -0.120. The van der Waals surface area contributed by atoms with Crippen molar-refractivity contribution in [3.63, 3.8) is 0 Å². The van der Waals surface area contributed by atoms with Gasteiger partial charge >= 0.3 is 0 Å². The number of aryl methyl sites for hydroxylation is 1. The van der Waals surface area contributed by atoms with Gasteiger partial charge in [0.25, 0.3) is 0 Å². The second-order valence-corrected chi connectivity index (χ2v) is 4.38. The van der Waals surface area contributed by atoms with Crippen molar-refractivity contribution in [1.82, 2.24) is 9.55 Å². The maximum Gasteiger partial charge on any atom is 0.136 e. The van der Waals surface area contributed by atoms with Crippen LogP contribution in [-0.4, -0.2) is 15.3 Å². The summed E-state index contributed by atoms with van der Waals surface area (Å²) >= 11 is 0. The number of carbonyl (C=O) groups excluding carboxylic acids is 1. The van der Waals surface area contributed by atoms with E-state index >= 15 is 0 Å². The van der Waals surface area contributed by atoms with E-state index in [0.717, 1.165) is 31.6 Å². The second kappa shape index (κ2) is 4.17. The quantitative estimate of drug-likeness (QED) is 0.761. The molecule has 0 aromatic carbocycles. The van der Waals surface area contributed by atoms with E-state index in [1.165, 1.54) is 0 Å². The van der Waals surface area contributed by atoms with Gasteiger partial charge in [-0.1, -0.05) is 13.8 Å². The van der Waals surface area contributed by atoms with Crippen LogP contribution >= 0.6 is 0 Å². The monoisotopic (exact) mass is 206 g/mol. The van der Waals surface area contributed by atoms with Gasteiger partial charge in [-0.2, -0.15) is 0 Å². The Morgan fingerprint density at radius 3 is 3.00 bits per heavy atom. The van der Waals surface area contributed by atoms with Crippen molar-refractivity contribution in [2.45, 2.75) is 45.6 Å². The lowest BCUT2D eigenvalue weighted by Gasteiger charge is -2.15. The Labute approximate surface area is 90.5 Å². The van der Waals surface area contributed by atoms with E-state index < -0.39 is 0 Å². The highest BCUT2D eigenvalue weighted by Gasteiger charge is 2.34. The molecular weight excluding hydrogens is 188 g/mol. The van der Waals surface area contributed by atoms with Gasteiger partial charge in [-0.05, 0) is 12.8 Å². The number of imidazole rings is 1. The molecule has 82 valence electrons. The van der Waals surface area contributed by atoms with Crippen LogP contribution in [0, 0.1) is 5.92 Å². The summed E-state index contributed by atoms with van der Waals surface area (Å²) in [6, 6.07) is 0. The van der Waals surface area contributed by atoms with E-state index in [9.17, 15) is 4.79 Å². The Balaban J connectivity index is 2.22. The van der Waals surface area contributed by atoms with E-state index in [1.54, 1.807) is 0 Å². The number of carbonyl (C=O) groups is 1. The molecular formula is C12H18N2O. The zero-order valence-electron chi connectivity index (χ0n) is 9.44. The van der Waals surface area contributed by atoms with E-state index in [0.29, 0.717) is 11.7 Å². The molecule has 2 atom stereocenters. The van der Waals surface area contributed by atoms with Gasteiger partial charge in [0, 0.05) is 37.2 Å². The minimum Gasteiger partial charge on any atom is -0.335 e. The zero-order valence-corrected chi connectivity index (χ0v) is 9.44. The zero-order chi connectivity index (χ0) is 10.8. The molecule has 0 spiro atoms. The van der Waals surface area contributed by atoms with Crippen LogP contribution in [0.5, 0.6) is 0 Å². The number of ketones is 1. The summed E-state index contributed by atoms with van der Waals surface area (Å²) in [6.07, 6.45) is 6.68. The summed E-state index contributed by atoms with van der Waals surface area (Å²) in [5.74, 6) is 2.00. The van der Waals surface area contributed by atoms with Crippen LogP contribution in [-0.2, 0) is 11.3 Å². The third-order valence-corrected chi connectivity index (χ3v) is 3.36. The first-order valence-electron chi connectivity index (χ1n) is 5.77. The first-order valence-corrected chi connectivity index (χ1v) is 5.77. The van der Waals surface area contributed by atoms with Gasteiger partial charge in [0.15, 0.2) is 0 Å². The molecule has 1 aliphatic rings. The average molecular weight is 206 g/mol. The van der Waals surface area contributed by atoms with E-state index in [4.69, 9.17) is 0 Å². The van der Waals surface area contributed by atoms with Gasteiger partial charge < -0.3 is 4.57 Å². The Morgan fingerprint density at radius 2 is 2.40 bits per heavy atom. The van der Waals surface area contributed by atoms with E-state index in [2.05, 4.69) is 16.5 Å². The Kier molecular flexibility index (Phi) is 2.89. The lowest BCUT2D eigenvalue weighted by atomic mass is 9.97. The molecule has 1 aromatic rings. The molecule has 3 nitrogen and oxygen atoms in total. The fraction of sp³-hybridized carbons (Fsp3) is 0.667. The summed E-state index contributed by atoms with van der Waals surface area (Å²) in [7, 11) is 0. The van der Waals surface area contributed by atoms with E-state index in [1.807, 2.05) is 19.3 Å². The van der Waals surface area contributed by atoms with Crippen molar-refractivity contribution in [3.05, 3.63) is 18.2 Å². The minimum atomic E-state index is 0.156. The number of aromatic nitrogens is 2. The first-order chi connectivity index (χ1) is 7.24. The van der Waals surface area contributed by atoms with Crippen molar-refractivity contribution in [3.8, 4) is 0 Å². The van der Waals surface area contributed by atoms with Gasteiger partial charge in [-0.15, -0.1) is 0 Å². The Hall–Kier alpha value is -1.12. The number of hydrogen-bond donors (Lipinski definition) is 0. The molecule has 0 saturated heterocycles. The Morgan fingerprint density at radius 1 is 1.60 bits per heavy atom. The summed E-state index contributed by atoms with van der Waals surface area (Å²) in [6.45, 7) is 5.20. The minimum absolute atomic E-state index is 0.156. The SMILES string of the molecule is CCCn1ccnc1C1CCC(=O)C1C. The molecule has 0 bridgehead atoms. The molecule has 1 fully saturated rings. The normalized spacial score (nSPS) is 26.1. The number of nitrogens with zero attached hydrogens (tertiary/aromatic N) is 2. The van der Waals surface area contributed by atoms with Crippen molar-refractivity contribution in [2.75, 3.05) is 0 Å². The van der Waals surface area contributed by atoms with Crippen LogP contribution < -0.4 is 0 Å². The molecule has 1 saturated carbocycles. The van der Waals surface area contributed by atoms with Gasteiger partial charge in [0.2, 0.25) is 0 Å². The van der Waals surface area contributed by atoms with Crippen LogP contribution in [0.1, 0.15) is 44.9 Å². The highest BCUT2D eigenvalue weighted by atomic mass is 16.1. The van der Waals surface area contributed by atoms with Crippen molar-refractivity contribution >= 4 is 5.78 Å². The van der Waals surface area contributed by atoms with Crippen LogP contribution in [0.15, 0.2) is 12.4 Å². The standard InChI is InChI=1S/C12H18N2O/c1-3-7-14-8-6-13-12(14)10-4-5-11(15)9(10)2/h6,8-10H,3-5,7H2,1-2H3. The molecule has 3 heteroatoms. The molecule has 1 aromatic heterocycles. The van der Waals surface area contributed by atoms with Crippen molar-refractivity contribution in [1.29, 1.82) is 0 Å². The summed E-state index contributed by atoms with van der Waals surface area (Å²) in [4.78, 5) is 15.9. The fourth-order valence-electron chi connectivity index (χ4n) is 2.43. The van der Waals surface area contributed by atoms with Gasteiger partial charge in [-0.3, -0.25) is 4.79 Å². The number of Topliss-reactive ketones (excluding diaryl/α,β-unsaturated/α-hetero) is 1. The van der Waals surface area contributed by atoms with Crippen LogP contribution in [0.3, 0.4) is 0 Å². The first kappa shape index (κ1) is 10.4. The molecule has 15 heavy (non-hydrogen) atoms. The average Bonchev–Trinajstić information content (AvgIpc) is 2.77. The van der Waals surface area contributed by atoms with Gasteiger partial charge in [0.1, 0.15) is 11.6 Å². The summed E-state index contributed by atoms with van der Waals surface area (Å²) in [5.41, 5.74) is 0. The highest BCUT2D eigenvalue weighted by molar-refractivity contribution is 5.83. The largest absolute Gasteiger partial charge is 0.335 e. The predicted molar refractivity (Wildman–Crippen MR) is 58.7 cm³/mol. The highest BCUT2D eigenvalue weighted by Crippen LogP contribution is 2.36. The summed E-state index contributed by atoms with van der Waals surface area (Å²) in [5, 5.41) is 0. The Bertz CT molecular complexity index is 356. The third-order valence-electron chi connectivity index (χ3n) is 3.36. The maximum absolute atomic E-state index is 11.5. The van der Waals surface area contributed by atoms with Crippen molar-refractivity contribution < 1.29 is 4.79 Å². The molecule has 2 unspecified atom stereocenters. The number of rotatable bonds is 3. The number of hydrogen-bond acceptors (Lipinski definition) is 2. The molecule has 1 heterocycles. The van der Waals surface area contributed by atoms with E-state index in [-0.39, 0.29) is 5.92 Å². The van der Waals surface area contributed by atoms with Gasteiger partial charge in [0.05, 0.1) is 0 Å². The topological polar surface area (TPSA) is 34.9 Å². The van der Waals surface area contributed by atoms with Crippen molar-refractivity contribution in [2.24, 2.45) is 5.92 Å². The smallest absolute Gasteiger partial charge is 0.136 e. The molecule has 2 rings (SSSR count).